The van der Waals surface area contributed by atoms with Crippen LogP contribution in [0.4, 0.5) is 0 Å². The minimum Gasteiger partial charge on any atom is -0.276 e. The van der Waals surface area contributed by atoms with Crippen molar-refractivity contribution in [3.05, 3.63) is 123 Å². The van der Waals surface area contributed by atoms with E-state index in [2.05, 4.69) is 60.5 Å². The van der Waals surface area contributed by atoms with Gasteiger partial charge in [-0.2, -0.15) is 14.9 Å². The molecule has 2 aromatic heterocycles. The lowest BCUT2D eigenvalue weighted by Gasteiger charge is -2.07. The topological polar surface area (TPSA) is 80.6 Å². The minimum atomic E-state index is -0.506. The van der Waals surface area contributed by atoms with E-state index in [9.17, 15) is 9.59 Å². The SMILES string of the molecule is Cc1cccc(Cl)c1C(=O)Cl.Cc1cccc(Cl)c1C(=O)n1nc(I)c2c(Cl)cccc21.Clc1cccc2n[nH]c(I)c12. The Morgan fingerprint density at radius 2 is 1.23 bits per heavy atom. The first kappa shape index (κ1) is 34.0. The number of aromatic nitrogens is 4. The Labute approximate surface area is 299 Å². The van der Waals surface area contributed by atoms with Crippen molar-refractivity contribution < 1.29 is 9.59 Å². The van der Waals surface area contributed by atoms with Gasteiger partial charge in [0, 0.05) is 0 Å². The molecule has 1 N–H and O–H groups in total. The summed E-state index contributed by atoms with van der Waals surface area (Å²) < 4.78 is 3.03. The summed E-state index contributed by atoms with van der Waals surface area (Å²) in [6.07, 6.45) is 0. The molecule has 2 heterocycles. The number of hydrogen-bond donors (Lipinski definition) is 1. The van der Waals surface area contributed by atoms with Crippen molar-refractivity contribution in [3.8, 4) is 0 Å². The van der Waals surface area contributed by atoms with E-state index in [1.165, 1.54) is 4.68 Å². The predicted molar refractivity (Wildman–Crippen MR) is 194 cm³/mol. The summed E-state index contributed by atoms with van der Waals surface area (Å²) in [5.41, 5.74) is 4.07. The molecule has 0 aliphatic carbocycles. The van der Waals surface area contributed by atoms with Gasteiger partial charge in [-0.3, -0.25) is 14.7 Å². The molecule has 0 atom stereocenters. The van der Waals surface area contributed by atoms with Gasteiger partial charge in [0.2, 0.25) is 0 Å². The number of carbonyl (C=O) groups excluding carboxylic acids is 2. The van der Waals surface area contributed by atoms with Crippen LogP contribution < -0.4 is 0 Å². The molecular formula is C30H19Cl5I2N4O2. The van der Waals surface area contributed by atoms with Crippen LogP contribution in [0.1, 0.15) is 31.8 Å². The molecule has 0 spiro atoms. The van der Waals surface area contributed by atoms with Gasteiger partial charge >= 0.3 is 0 Å². The first-order chi connectivity index (χ1) is 20.4. The van der Waals surface area contributed by atoms with E-state index < -0.39 is 5.24 Å². The van der Waals surface area contributed by atoms with Crippen molar-refractivity contribution in [2.45, 2.75) is 13.8 Å². The zero-order valence-corrected chi connectivity index (χ0v) is 30.3. The minimum absolute atomic E-state index is 0.256. The summed E-state index contributed by atoms with van der Waals surface area (Å²) in [6, 6.07) is 21.7. The lowest BCUT2D eigenvalue weighted by atomic mass is 10.1. The molecule has 0 aliphatic rings. The molecule has 0 saturated carbocycles. The molecule has 0 radical (unpaired) electrons. The quantitative estimate of drug-likeness (QED) is 0.139. The van der Waals surface area contributed by atoms with E-state index in [0.29, 0.717) is 35.4 Å². The molecule has 0 saturated heterocycles. The van der Waals surface area contributed by atoms with Gasteiger partial charge in [0.1, 0.15) is 7.40 Å². The molecule has 220 valence electrons. The number of H-pyrrole nitrogens is 1. The van der Waals surface area contributed by atoms with Gasteiger partial charge in [-0.25, -0.2) is 0 Å². The number of fused-ring (bicyclic) bond motifs is 2. The Kier molecular flexibility index (Phi) is 11.8. The Hall–Kier alpha value is -1.93. The number of carbonyl (C=O) groups is 2. The fourth-order valence-electron chi connectivity index (χ4n) is 4.12. The Morgan fingerprint density at radius 3 is 1.77 bits per heavy atom. The van der Waals surface area contributed by atoms with Crippen LogP contribution >= 0.6 is 103 Å². The second-order valence-corrected chi connectivity index (χ2v) is 13.0. The normalized spacial score (nSPS) is 10.6. The second-order valence-electron chi connectivity index (χ2n) is 8.95. The number of rotatable bonds is 2. The molecular weight excluding hydrogens is 879 g/mol. The summed E-state index contributed by atoms with van der Waals surface area (Å²) in [5, 5.41) is 14.7. The van der Waals surface area contributed by atoms with Crippen LogP contribution in [0.25, 0.3) is 21.8 Å². The number of benzene rings is 4. The van der Waals surface area contributed by atoms with Crippen LogP contribution in [0.5, 0.6) is 0 Å². The van der Waals surface area contributed by atoms with Crippen molar-refractivity contribution in [2.24, 2.45) is 0 Å². The third-order valence-corrected chi connectivity index (χ3v) is 9.13. The van der Waals surface area contributed by atoms with Crippen molar-refractivity contribution in [2.75, 3.05) is 0 Å². The molecule has 6 aromatic rings. The zero-order valence-electron chi connectivity index (χ0n) is 22.2. The lowest BCUT2D eigenvalue weighted by Crippen LogP contribution is -2.15. The van der Waals surface area contributed by atoms with Gasteiger partial charge in [0.05, 0.1) is 53.0 Å². The number of hydrogen-bond acceptors (Lipinski definition) is 4. The monoisotopic (exact) mass is 896 g/mol. The Balaban J connectivity index is 0.000000162. The highest BCUT2D eigenvalue weighted by Gasteiger charge is 2.21. The highest BCUT2D eigenvalue weighted by molar-refractivity contribution is 14.1. The van der Waals surface area contributed by atoms with Crippen LogP contribution in [0.3, 0.4) is 0 Å². The lowest BCUT2D eigenvalue weighted by molar-refractivity contribution is 0.0949. The van der Waals surface area contributed by atoms with Crippen LogP contribution in [0.15, 0.2) is 72.8 Å². The molecule has 0 amide bonds. The van der Waals surface area contributed by atoms with E-state index >= 15 is 0 Å². The van der Waals surface area contributed by atoms with Crippen LogP contribution in [-0.2, 0) is 0 Å². The summed E-state index contributed by atoms with van der Waals surface area (Å²) in [7, 11) is 0. The number of nitrogens with zero attached hydrogens (tertiary/aromatic N) is 3. The highest BCUT2D eigenvalue weighted by atomic mass is 127. The van der Waals surface area contributed by atoms with Gasteiger partial charge in [-0.1, -0.05) is 82.8 Å². The summed E-state index contributed by atoms with van der Waals surface area (Å²) in [4.78, 5) is 23.6. The van der Waals surface area contributed by atoms with Gasteiger partial charge in [-0.15, -0.1) is 0 Å². The molecule has 43 heavy (non-hydrogen) atoms. The Morgan fingerprint density at radius 1 is 0.721 bits per heavy atom. The average Bonchev–Trinajstić information content (AvgIpc) is 3.50. The van der Waals surface area contributed by atoms with E-state index in [1.54, 1.807) is 43.3 Å². The largest absolute Gasteiger partial charge is 0.280 e. The van der Waals surface area contributed by atoms with Gasteiger partial charge < -0.3 is 0 Å². The van der Waals surface area contributed by atoms with E-state index in [1.807, 2.05) is 43.3 Å². The molecule has 0 fully saturated rings. The van der Waals surface area contributed by atoms with E-state index in [0.717, 1.165) is 36.1 Å². The molecule has 6 nitrogen and oxygen atoms in total. The molecule has 13 heteroatoms. The van der Waals surface area contributed by atoms with Crippen LogP contribution in [0.2, 0.25) is 20.1 Å². The van der Waals surface area contributed by atoms with Gasteiger partial charge in [0.15, 0.2) is 0 Å². The zero-order chi connectivity index (χ0) is 31.4. The third kappa shape index (κ3) is 7.66. The smallest absolute Gasteiger partial charge is 0.276 e. The maximum absolute atomic E-state index is 12.8. The standard InChI is InChI=1S/C15H9Cl2IN2O.C8H6Cl2O.C7H4ClIN2/c1-8-4-2-5-9(16)12(8)15(21)20-11-7-3-6-10(17)13(11)14(18)19-20;1-5-3-2-4-6(9)7(5)8(10)11;8-4-2-1-3-5-6(4)7(9)11-10-5/h2-7H,1H3;2-4H,1H3;1-3H,(H,10,11). The first-order valence-electron chi connectivity index (χ1n) is 12.3. The average molecular weight is 899 g/mol. The maximum Gasteiger partial charge on any atom is 0.280 e. The molecule has 0 unspecified atom stereocenters. The second kappa shape index (κ2) is 14.9. The van der Waals surface area contributed by atoms with E-state index in [4.69, 9.17) is 58.0 Å². The van der Waals surface area contributed by atoms with Crippen LogP contribution in [-0.4, -0.2) is 31.1 Å². The number of halogens is 7. The fraction of sp³-hybridized carbons (Fsp3) is 0.0667. The Bertz CT molecular complexity index is 1950. The maximum atomic E-state index is 12.8. The molecule has 0 bridgehead atoms. The van der Waals surface area contributed by atoms with Crippen molar-refractivity contribution >= 4 is 136 Å². The van der Waals surface area contributed by atoms with Crippen molar-refractivity contribution in [1.29, 1.82) is 0 Å². The molecule has 6 rings (SSSR count). The summed E-state index contributed by atoms with van der Waals surface area (Å²) >= 11 is 33.6. The van der Waals surface area contributed by atoms with Gasteiger partial charge in [0.25, 0.3) is 11.1 Å². The molecule has 0 aliphatic heterocycles. The predicted octanol–water partition coefficient (Wildman–Crippen LogP) is 10.8. The fourth-order valence-corrected chi connectivity index (χ4v) is 7.34. The van der Waals surface area contributed by atoms with Crippen molar-refractivity contribution in [1.82, 2.24) is 20.0 Å². The number of aromatic amines is 1. The number of aryl methyl sites for hydroxylation is 2. The summed E-state index contributed by atoms with van der Waals surface area (Å²) in [6.45, 7) is 3.64. The third-order valence-electron chi connectivity index (χ3n) is 6.15. The molecule has 4 aromatic carbocycles. The highest BCUT2D eigenvalue weighted by Crippen LogP contribution is 2.30. The van der Waals surface area contributed by atoms with Crippen LogP contribution in [0, 0.1) is 21.2 Å². The van der Waals surface area contributed by atoms with Gasteiger partial charge in [-0.05, 0) is 118 Å². The van der Waals surface area contributed by atoms with Crippen molar-refractivity contribution in [3.63, 3.8) is 0 Å². The summed E-state index contributed by atoms with van der Waals surface area (Å²) in [5.74, 6) is -0.256. The number of nitrogens with one attached hydrogen (secondary N) is 1. The first-order valence-corrected chi connectivity index (χ1v) is 16.3. The van der Waals surface area contributed by atoms with E-state index in [-0.39, 0.29) is 5.91 Å².